The molecule has 0 aromatic rings. The van der Waals surface area contributed by atoms with Gasteiger partial charge in [-0.25, -0.2) is 11.6 Å². The molecule has 15 heavy (non-hydrogen) atoms. The number of hydrogen-bond donors (Lipinski definition) is 0. The van der Waals surface area contributed by atoms with Gasteiger partial charge in [-0.2, -0.15) is 6.08 Å². The predicted molar refractivity (Wildman–Crippen MR) is 70.0 cm³/mol. The third-order valence-corrected chi connectivity index (χ3v) is 2.05. The largest absolute Gasteiger partial charge is 0.303 e. The molecule has 0 radical (unpaired) electrons. The minimum Gasteiger partial charge on any atom is -0.303 e. The molecule has 0 amide bonds. The number of rotatable bonds is 4. The van der Waals surface area contributed by atoms with Crippen LogP contribution in [0.3, 0.4) is 0 Å². The smallest absolute Gasteiger partial charge is 0 e. The molecule has 90 valence electrons. The number of allylic oxidation sites excluding steroid dienone is 2. The summed E-state index contributed by atoms with van der Waals surface area (Å²) in [7, 11) is 0. The van der Waals surface area contributed by atoms with Gasteiger partial charge in [0.2, 0.25) is 0 Å². The summed E-state index contributed by atoms with van der Waals surface area (Å²) in [5, 5.41) is 0. The molecular weight excluding hydrogens is 332 g/mol. The average Bonchev–Trinajstić information content (AvgIpc) is 2.52. The summed E-state index contributed by atoms with van der Waals surface area (Å²) in [5.41, 5.74) is 1.36. The van der Waals surface area contributed by atoms with Crippen LogP contribution in [-0.2, 0) is 26.2 Å². The summed E-state index contributed by atoms with van der Waals surface area (Å²) in [4.78, 5) is 2.40. The van der Waals surface area contributed by atoms with Gasteiger partial charge < -0.3 is 4.90 Å². The van der Waals surface area contributed by atoms with E-state index < -0.39 is 0 Å². The van der Waals surface area contributed by atoms with Crippen molar-refractivity contribution in [3.8, 4) is 0 Å². The molecule has 0 aliphatic heterocycles. The van der Waals surface area contributed by atoms with Crippen molar-refractivity contribution in [2.45, 2.75) is 20.3 Å². The first-order chi connectivity index (χ1) is 5.36. The molecule has 1 aliphatic rings. The van der Waals surface area contributed by atoms with Crippen molar-refractivity contribution in [3.05, 3.63) is 23.8 Å². The van der Waals surface area contributed by atoms with Crippen LogP contribution in [0.15, 0.2) is 17.7 Å². The number of hydrogen-bond acceptors (Lipinski definition) is 1. The van der Waals surface area contributed by atoms with Crippen LogP contribution in [0.25, 0.3) is 0 Å². The van der Waals surface area contributed by atoms with Crippen molar-refractivity contribution in [2.24, 2.45) is 0 Å². The Labute approximate surface area is 131 Å². The van der Waals surface area contributed by atoms with Crippen LogP contribution >= 0.6 is 37.2 Å². The summed E-state index contributed by atoms with van der Waals surface area (Å²) in [5.74, 6) is 0. The molecule has 1 rings (SSSR count). The van der Waals surface area contributed by atoms with E-state index in [-0.39, 0.29) is 63.4 Å². The number of likely N-dealkylation sites (N-methyl/N-ethyl adjacent to an activating group) is 1. The predicted octanol–water partition coefficient (Wildman–Crippen LogP) is 3.28. The van der Waals surface area contributed by atoms with Gasteiger partial charge in [-0.1, -0.05) is 13.8 Å². The summed E-state index contributed by atoms with van der Waals surface area (Å²) >= 11 is 0. The SMILES string of the molecule is CCN(CC)CC1=[C-]CC=C1.Cl.Cl.Cl.[Zr]. The molecule has 5 heteroatoms. The second kappa shape index (κ2) is 15.2. The molecule has 0 atom stereocenters. The molecule has 1 aliphatic carbocycles. The monoisotopic (exact) mass is 348 g/mol. The fourth-order valence-corrected chi connectivity index (χ4v) is 1.25. The zero-order valence-electron chi connectivity index (χ0n) is 9.16. The van der Waals surface area contributed by atoms with Crippen molar-refractivity contribution < 1.29 is 26.2 Å². The van der Waals surface area contributed by atoms with Gasteiger partial charge in [0, 0.05) is 26.2 Å². The van der Waals surface area contributed by atoms with E-state index >= 15 is 0 Å². The van der Waals surface area contributed by atoms with Crippen molar-refractivity contribution in [2.75, 3.05) is 19.6 Å². The van der Waals surface area contributed by atoms with E-state index in [2.05, 4.69) is 37.0 Å². The maximum atomic E-state index is 3.32. The molecule has 0 bridgehead atoms. The molecule has 0 aromatic carbocycles. The van der Waals surface area contributed by atoms with Crippen molar-refractivity contribution in [1.29, 1.82) is 0 Å². The Balaban J connectivity index is -0.000000151. The van der Waals surface area contributed by atoms with Crippen LogP contribution in [-0.4, -0.2) is 24.5 Å². The first-order valence-corrected chi connectivity index (χ1v) is 4.35. The molecule has 0 spiro atoms. The number of nitrogens with zero attached hydrogens (tertiary/aromatic N) is 1. The summed E-state index contributed by atoms with van der Waals surface area (Å²) in [6.45, 7) is 7.74. The Kier molecular flexibility index (Phi) is 25.5. The van der Waals surface area contributed by atoms with Crippen LogP contribution < -0.4 is 0 Å². The van der Waals surface area contributed by atoms with E-state index in [0.29, 0.717) is 0 Å². The quantitative estimate of drug-likeness (QED) is 0.703. The first kappa shape index (κ1) is 25.1. The Bertz CT molecular complexity index is 180. The maximum Gasteiger partial charge on any atom is 0 e. The molecule has 0 unspecified atom stereocenters. The van der Waals surface area contributed by atoms with Crippen molar-refractivity contribution >= 4 is 37.2 Å². The van der Waals surface area contributed by atoms with Crippen LogP contribution in [0.5, 0.6) is 0 Å². The third kappa shape index (κ3) is 10.1. The molecular formula is C10H19Cl3NZr-. The Morgan fingerprint density at radius 3 is 2.07 bits per heavy atom. The van der Waals surface area contributed by atoms with Crippen LogP contribution in [0, 0.1) is 6.08 Å². The van der Waals surface area contributed by atoms with Gasteiger partial charge in [-0.3, -0.25) is 6.08 Å². The summed E-state index contributed by atoms with van der Waals surface area (Å²) in [6.07, 6.45) is 8.67. The third-order valence-electron chi connectivity index (χ3n) is 2.05. The summed E-state index contributed by atoms with van der Waals surface area (Å²) in [6, 6.07) is 0. The molecule has 0 heterocycles. The Morgan fingerprint density at radius 1 is 1.20 bits per heavy atom. The minimum absolute atomic E-state index is 0. The van der Waals surface area contributed by atoms with E-state index in [1.54, 1.807) is 0 Å². The zero-order chi connectivity index (χ0) is 8.10. The summed E-state index contributed by atoms with van der Waals surface area (Å²) < 4.78 is 0. The van der Waals surface area contributed by atoms with E-state index in [1.165, 1.54) is 5.57 Å². The normalized spacial score (nSPS) is 11.8. The fraction of sp³-hybridized carbons (Fsp3) is 0.600. The molecule has 0 saturated carbocycles. The van der Waals surface area contributed by atoms with Crippen LogP contribution in [0.1, 0.15) is 20.3 Å². The Morgan fingerprint density at radius 2 is 1.73 bits per heavy atom. The van der Waals surface area contributed by atoms with Crippen molar-refractivity contribution in [1.82, 2.24) is 4.90 Å². The van der Waals surface area contributed by atoms with Gasteiger partial charge in [0.25, 0.3) is 0 Å². The van der Waals surface area contributed by atoms with E-state index in [0.717, 1.165) is 26.1 Å². The van der Waals surface area contributed by atoms with Gasteiger partial charge in [0.05, 0.1) is 0 Å². The molecule has 0 N–H and O–H groups in total. The van der Waals surface area contributed by atoms with Gasteiger partial charge in [0.1, 0.15) is 0 Å². The fourth-order valence-electron chi connectivity index (χ4n) is 1.25. The minimum atomic E-state index is 0. The van der Waals surface area contributed by atoms with Crippen molar-refractivity contribution in [3.63, 3.8) is 0 Å². The maximum absolute atomic E-state index is 3.32. The molecule has 1 nitrogen and oxygen atoms in total. The number of halogens is 3. The second-order valence-electron chi connectivity index (χ2n) is 2.77. The van der Waals surface area contributed by atoms with Crippen LogP contribution in [0.4, 0.5) is 0 Å². The molecule has 0 saturated heterocycles. The standard InChI is InChI=1S/C10H16N.3ClH.Zr/c1-3-11(4-2)9-10-7-5-6-8-10;;;;/h5,7H,3-4,6,9H2,1-2H3;3*1H;/q-1;;;;. The van der Waals surface area contributed by atoms with Gasteiger partial charge >= 0.3 is 0 Å². The van der Waals surface area contributed by atoms with Gasteiger partial charge in [-0.05, 0) is 19.6 Å². The van der Waals surface area contributed by atoms with E-state index in [4.69, 9.17) is 0 Å². The molecule has 0 fully saturated rings. The van der Waals surface area contributed by atoms with Gasteiger partial charge in [-0.15, -0.1) is 43.6 Å². The van der Waals surface area contributed by atoms with E-state index in [9.17, 15) is 0 Å². The topological polar surface area (TPSA) is 3.24 Å². The van der Waals surface area contributed by atoms with E-state index in [1.807, 2.05) is 0 Å². The molecule has 0 aromatic heterocycles. The second-order valence-corrected chi connectivity index (χ2v) is 2.77. The van der Waals surface area contributed by atoms with Crippen LogP contribution in [0.2, 0.25) is 0 Å². The Hall–Kier alpha value is 1.19. The first-order valence-electron chi connectivity index (χ1n) is 4.35. The zero-order valence-corrected chi connectivity index (χ0v) is 14.1. The van der Waals surface area contributed by atoms with Gasteiger partial charge in [0.15, 0.2) is 0 Å². The average molecular weight is 351 g/mol.